The van der Waals surface area contributed by atoms with Crippen molar-refractivity contribution in [2.45, 2.75) is 25.2 Å². The van der Waals surface area contributed by atoms with E-state index in [2.05, 4.69) is 5.32 Å². The van der Waals surface area contributed by atoms with Crippen LogP contribution >= 0.6 is 0 Å². The third kappa shape index (κ3) is 4.67. The molecule has 1 aliphatic heterocycles. The highest BCUT2D eigenvalue weighted by Crippen LogP contribution is 2.16. The van der Waals surface area contributed by atoms with Crippen LogP contribution in [0.1, 0.15) is 12.0 Å². The van der Waals surface area contributed by atoms with Crippen molar-refractivity contribution in [1.82, 2.24) is 9.62 Å². The largest absolute Gasteiger partial charge is 0.445 e. The molecule has 2 rings (SSSR count). The van der Waals surface area contributed by atoms with Gasteiger partial charge in [-0.2, -0.15) is 4.31 Å². The van der Waals surface area contributed by atoms with Gasteiger partial charge in [-0.05, 0) is 12.0 Å². The Labute approximate surface area is 129 Å². The van der Waals surface area contributed by atoms with Gasteiger partial charge in [0.2, 0.25) is 10.0 Å². The SMILES string of the molecule is CS(=O)(=O)N1CC[C@@H](NC(=O)OCc2ccccc2)[C@H](F)C1. The fraction of sp³-hybridized carbons (Fsp3) is 0.500. The van der Waals surface area contributed by atoms with E-state index in [-0.39, 0.29) is 26.1 Å². The van der Waals surface area contributed by atoms with E-state index in [4.69, 9.17) is 4.74 Å². The first-order valence-corrected chi connectivity index (χ1v) is 8.77. The van der Waals surface area contributed by atoms with Crippen molar-refractivity contribution in [2.75, 3.05) is 19.3 Å². The van der Waals surface area contributed by atoms with Crippen molar-refractivity contribution in [3.05, 3.63) is 35.9 Å². The Morgan fingerprint density at radius 2 is 2.09 bits per heavy atom. The molecule has 1 N–H and O–H groups in total. The van der Waals surface area contributed by atoms with Crippen LogP contribution in [0.15, 0.2) is 30.3 Å². The highest BCUT2D eigenvalue weighted by molar-refractivity contribution is 7.88. The summed E-state index contributed by atoms with van der Waals surface area (Å²) in [6.45, 7) is 0.0388. The molecule has 0 spiro atoms. The summed E-state index contributed by atoms with van der Waals surface area (Å²) >= 11 is 0. The lowest BCUT2D eigenvalue weighted by Gasteiger charge is -2.33. The average Bonchev–Trinajstić information content (AvgIpc) is 2.47. The van der Waals surface area contributed by atoms with Gasteiger partial charge in [0, 0.05) is 13.1 Å². The first-order chi connectivity index (χ1) is 10.4. The lowest BCUT2D eigenvalue weighted by Crippen LogP contribution is -2.53. The van der Waals surface area contributed by atoms with Crippen LogP contribution in [-0.2, 0) is 21.4 Å². The second-order valence-corrected chi connectivity index (χ2v) is 7.22. The zero-order chi connectivity index (χ0) is 16.2. The third-order valence-corrected chi connectivity index (χ3v) is 4.76. The number of sulfonamides is 1. The minimum absolute atomic E-state index is 0.103. The number of nitrogens with zero attached hydrogens (tertiary/aromatic N) is 1. The van der Waals surface area contributed by atoms with Gasteiger partial charge in [0.1, 0.15) is 12.8 Å². The summed E-state index contributed by atoms with van der Waals surface area (Å²) in [6, 6.07) is 8.41. The molecule has 1 aliphatic rings. The van der Waals surface area contributed by atoms with Gasteiger partial charge in [-0.3, -0.25) is 0 Å². The number of halogens is 1. The van der Waals surface area contributed by atoms with Gasteiger partial charge in [-0.1, -0.05) is 30.3 Å². The number of rotatable bonds is 4. The molecule has 0 aromatic heterocycles. The van der Waals surface area contributed by atoms with E-state index in [0.717, 1.165) is 16.1 Å². The zero-order valence-corrected chi connectivity index (χ0v) is 13.1. The lowest BCUT2D eigenvalue weighted by molar-refractivity contribution is 0.111. The number of carbonyl (C=O) groups is 1. The van der Waals surface area contributed by atoms with Crippen LogP contribution in [0.4, 0.5) is 9.18 Å². The number of benzene rings is 1. The maximum absolute atomic E-state index is 14.0. The van der Waals surface area contributed by atoms with Crippen LogP contribution in [0.2, 0.25) is 0 Å². The molecule has 1 amide bonds. The molecule has 1 heterocycles. The van der Waals surface area contributed by atoms with Gasteiger partial charge in [0.15, 0.2) is 0 Å². The molecule has 0 unspecified atom stereocenters. The van der Waals surface area contributed by atoms with Crippen LogP contribution in [0.25, 0.3) is 0 Å². The van der Waals surface area contributed by atoms with Crippen LogP contribution in [0.5, 0.6) is 0 Å². The first-order valence-electron chi connectivity index (χ1n) is 6.92. The van der Waals surface area contributed by atoms with Crippen molar-refractivity contribution in [3.63, 3.8) is 0 Å². The van der Waals surface area contributed by atoms with E-state index < -0.39 is 28.3 Å². The summed E-state index contributed by atoms with van der Waals surface area (Å²) in [6.07, 6.45) is -0.895. The summed E-state index contributed by atoms with van der Waals surface area (Å²) in [7, 11) is -3.41. The Balaban J connectivity index is 1.80. The smallest absolute Gasteiger partial charge is 0.407 e. The summed E-state index contributed by atoms with van der Waals surface area (Å²) in [5.41, 5.74) is 0.835. The highest BCUT2D eigenvalue weighted by atomic mass is 32.2. The van der Waals surface area contributed by atoms with E-state index in [1.54, 1.807) is 0 Å². The number of piperidine rings is 1. The van der Waals surface area contributed by atoms with Gasteiger partial charge < -0.3 is 10.1 Å². The second-order valence-electron chi connectivity index (χ2n) is 5.24. The third-order valence-electron chi connectivity index (χ3n) is 3.49. The van der Waals surface area contributed by atoms with Crippen LogP contribution in [0, 0.1) is 0 Å². The van der Waals surface area contributed by atoms with Crippen molar-refractivity contribution < 1.29 is 22.3 Å². The zero-order valence-electron chi connectivity index (χ0n) is 12.2. The quantitative estimate of drug-likeness (QED) is 0.902. The van der Waals surface area contributed by atoms with Crippen LogP contribution < -0.4 is 5.32 Å². The average molecular weight is 330 g/mol. The Bertz CT molecular complexity index is 609. The van der Waals surface area contributed by atoms with Crippen molar-refractivity contribution in [3.8, 4) is 0 Å². The molecule has 122 valence electrons. The molecule has 1 aromatic carbocycles. The number of alkyl carbamates (subject to hydrolysis) is 1. The molecule has 1 aromatic rings. The standard InChI is InChI=1S/C14H19FN2O4S/c1-22(19,20)17-8-7-13(12(15)9-17)16-14(18)21-10-11-5-3-2-4-6-11/h2-6,12-13H,7-10H2,1H3,(H,16,18)/t12-,13-/m1/s1. The Hall–Kier alpha value is -1.67. The van der Waals surface area contributed by atoms with Gasteiger partial charge >= 0.3 is 6.09 Å². The highest BCUT2D eigenvalue weighted by Gasteiger charge is 2.34. The molecule has 2 atom stereocenters. The molecule has 0 saturated carbocycles. The van der Waals surface area contributed by atoms with E-state index in [9.17, 15) is 17.6 Å². The molecule has 8 heteroatoms. The van der Waals surface area contributed by atoms with Gasteiger partial charge in [0.05, 0.1) is 12.3 Å². The summed E-state index contributed by atoms with van der Waals surface area (Å²) in [5.74, 6) is 0. The normalized spacial score (nSPS) is 23.0. The van der Waals surface area contributed by atoms with E-state index >= 15 is 0 Å². The molecule has 1 fully saturated rings. The number of nitrogens with one attached hydrogen (secondary N) is 1. The number of hydrogen-bond donors (Lipinski definition) is 1. The summed E-state index contributed by atoms with van der Waals surface area (Å²) < 4.78 is 42.8. The van der Waals surface area contributed by atoms with Gasteiger partial charge in [0.25, 0.3) is 0 Å². The predicted molar refractivity (Wildman–Crippen MR) is 79.5 cm³/mol. The minimum Gasteiger partial charge on any atom is -0.445 e. The molecule has 0 bridgehead atoms. The van der Waals surface area contributed by atoms with Crippen LogP contribution in [-0.4, -0.2) is 50.4 Å². The molecule has 0 radical (unpaired) electrons. The summed E-state index contributed by atoms with van der Waals surface area (Å²) in [5, 5.41) is 2.45. The molecule has 6 nitrogen and oxygen atoms in total. The maximum Gasteiger partial charge on any atom is 0.407 e. The second kappa shape index (κ2) is 7.06. The Morgan fingerprint density at radius 1 is 1.41 bits per heavy atom. The molecule has 1 saturated heterocycles. The number of alkyl halides is 1. The Kier molecular flexibility index (Phi) is 5.36. The van der Waals surface area contributed by atoms with Crippen molar-refractivity contribution in [2.24, 2.45) is 0 Å². The van der Waals surface area contributed by atoms with Crippen molar-refractivity contribution in [1.29, 1.82) is 0 Å². The van der Waals surface area contributed by atoms with Crippen molar-refractivity contribution >= 4 is 16.1 Å². The first kappa shape index (κ1) is 16.7. The molecular formula is C14H19FN2O4S. The van der Waals surface area contributed by atoms with E-state index in [1.165, 1.54) is 0 Å². The van der Waals surface area contributed by atoms with Gasteiger partial charge in [-0.25, -0.2) is 17.6 Å². The van der Waals surface area contributed by atoms with Crippen LogP contribution in [0.3, 0.4) is 0 Å². The van der Waals surface area contributed by atoms with Gasteiger partial charge in [-0.15, -0.1) is 0 Å². The molecular weight excluding hydrogens is 311 g/mol. The number of carbonyl (C=O) groups excluding carboxylic acids is 1. The predicted octanol–water partition coefficient (Wildman–Crippen LogP) is 1.28. The fourth-order valence-corrected chi connectivity index (χ4v) is 3.11. The van der Waals surface area contributed by atoms with E-state index in [1.807, 2.05) is 30.3 Å². The number of amides is 1. The summed E-state index contributed by atoms with van der Waals surface area (Å²) in [4.78, 5) is 11.7. The minimum atomic E-state index is -3.41. The topological polar surface area (TPSA) is 75.7 Å². The molecule has 22 heavy (non-hydrogen) atoms. The molecule has 0 aliphatic carbocycles. The Morgan fingerprint density at radius 3 is 2.68 bits per heavy atom. The number of ether oxygens (including phenoxy) is 1. The number of hydrogen-bond acceptors (Lipinski definition) is 4. The maximum atomic E-state index is 14.0. The lowest BCUT2D eigenvalue weighted by atomic mass is 10.1. The fourth-order valence-electron chi connectivity index (χ4n) is 2.26. The van der Waals surface area contributed by atoms with E-state index in [0.29, 0.717) is 0 Å². The monoisotopic (exact) mass is 330 g/mol.